The SMILES string of the molecule is C/C1=C2\C=CC=C(CC(Cc3cccs3)C[PH+](C)CC(Cc3cccs3)C[PH+](C)CC(Cc3cccs3)C[PH+](C)CC1Cc1cccs1)[N-]2.[F][Ru+]. The number of halogens is 1. The van der Waals surface area contributed by atoms with E-state index < -0.39 is 23.8 Å². The van der Waals surface area contributed by atoms with Gasteiger partial charge >= 0.3 is 22.1 Å². The van der Waals surface area contributed by atoms with Crippen LogP contribution in [0.2, 0.25) is 0 Å². The Hall–Kier alpha value is -0.337. The quantitative estimate of drug-likeness (QED) is 0.124. The van der Waals surface area contributed by atoms with Crippen LogP contribution in [-0.2, 0) is 44.5 Å². The molecule has 0 spiro atoms. The van der Waals surface area contributed by atoms with E-state index >= 15 is 0 Å². The van der Waals surface area contributed by atoms with E-state index in [1.807, 2.05) is 45.3 Å². The Bertz CT molecular complexity index is 1620. The third-order valence-corrected chi connectivity index (χ3v) is 21.5. The van der Waals surface area contributed by atoms with Crippen LogP contribution in [0.4, 0.5) is 3.32 Å². The molecule has 2 aliphatic heterocycles. The Balaban J connectivity index is 0.00000248. The minimum absolute atomic E-state index is 0.443. The van der Waals surface area contributed by atoms with Gasteiger partial charge in [0.25, 0.3) is 0 Å². The summed E-state index contributed by atoms with van der Waals surface area (Å²) in [5.41, 5.74) is 4.07. The second-order valence-corrected chi connectivity index (χ2v) is 27.2. The van der Waals surface area contributed by atoms with Crippen molar-refractivity contribution in [3.05, 3.63) is 130 Å². The number of fused-ring (bicyclic) bond motifs is 2. The molecule has 0 N–H and O–H groups in total. The van der Waals surface area contributed by atoms with Crippen LogP contribution in [0.1, 0.15) is 32.9 Å². The number of rotatable bonds is 8. The third kappa shape index (κ3) is 14.0. The van der Waals surface area contributed by atoms with Gasteiger partial charge in [-0.1, -0.05) is 48.1 Å². The summed E-state index contributed by atoms with van der Waals surface area (Å²) in [7, 11) is -1.47. The van der Waals surface area contributed by atoms with Gasteiger partial charge < -0.3 is 5.32 Å². The second-order valence-electron chi connectivity index (χ2n) is 14.9. The Kier molecular flexibility index (Phi) is 18.3. The van der Waals surface area contributed by atoms with Crippen molar-refractivity contribution >= 4 is 69.1 Å². The molecule has 2 bridgehead atoms. The zero-order valence-corrected chi connectivity index (χ0v) is 38.6. The van der Waals surface area contributed by atoms with Crippen molar-refractivity contribution in [2.45, 2.75) is 39.0 Å². The molecule has 6 rings (SSSR count). The summed E-state index contributed by atoms with van der Waals surface area (Å²) in [6.07, 6.45) is 21.5. The fraction of sp³-hybridized carbons (Fsp3) is 0.463. The molecule has 1 nitrogen and oxygen atoms in total. The Labute approximate surface area is 338 Å². The van der Waals surface area contributed by atoms with E-state index in [1.54, 1.807) is 14.6 Å². The van der Waals surface area contributed by atoms with E-state index in [0.717, 1.165) is 43.5 Å². The van der Waals surface area contributed by atoms with Crippen LogP contribution in [0, 0.1) is 23.7 Å². The van der Waals surface area contributed by atoms with Crippen LogP contribution in [0.15, 0.2) is 105 Å². The van der Waals surface area contributed by atoms with Crippen LogP contribution in [-0.4, -0.2) is 57.0 Å². The first-order valence-electron chi connectivity index (χ1n) is 18.3. The third-order valence-electron chi connectivity index (χ3n) is 10.3. The average molecular weight is 904 g/mol. The molecule has 0 amide bonds. The Morgan fingerprint density at radius 2 is 1.04 bits per heavy atom. The molecule has 0 fully saturated rings. The minimum atomic E-state index is -0.533. The van der Waals surface area contributed by atoms with Crippen molar-refractivity contribution in [2.24, 2.45) is 23.7 Å². The molecule has 0 aliphatic carbocycles. The van der Waals surface area contributed by atoms with Gasteiger partial charge in [0.1, 0.15) is 0 Å². The maximum absolute atomic E-state index is 9.43. The van der Waals surface area contributed by atoms with Gasteiger partial charge in [0.2, 0.25) is 0 Å². The van der Waals surface area contributed by atoms with E-state index in [9.17, 15) is 3.32 Å². The number of allylic oxidation sites excluding steroid dienone is 5. The second kappa shape index (κ2) is 22.3. The van der Waals surface area contributed by atoms with Crippen LogP contribution in [0.25, 0.3) is 5.32 Å². The van der Waals surface area contributed by atoms with E-state index in [4.69, 9.17) is 5.32 Å². The van der Waals surface area contributed by atoms with E-state index in [-0.39, 0.29) is 0 Å². The van der Waals surface area contributed by atoms with Crippen LogP contribution < -0.4 is 0 Å². The number of hydrogen-bond donors (Lipinski definition) is 0. The van der Waals surface area contributed by atoms with Crippen molar-refractivity contribution in [3.63, 3.8) is 0 Å². The van der Waals surface area contributed by atoms with Crippen molar-refractivity contribution in [3.8, 4) is 0 Å². The summed E-state index contributed by atoms with van der Waals surface area (Å²) in [6, 6.07) is 18.5. The molecular formula is C41H56FNP3RuS4+3. The van der Waals surface area contributed by atoms with Crippen molar-refractivity contribution in [2.75, 3.05) is 57.0 Å². The zero-order chi connectivity index (χ0) is 36.0. The number of nitrogens with zero attached hydrogens (tertiary/aromatic N) is 1. The van der Waals surface area contributed by atoms with Gasteiger partial charge in [0.05, 0.1) is 37.0 Å². The molecule has 7 unspecified atom stereocenters. The molecule has 0 saturated carbocycles. The molecule has 4 aromatic rings. The van der Waals surface area contributed by atoms with Gasteiger partial charge in [-0.05, 0) is 114 Å². The van der Waals surface area contributed by atoms with E-state index in [1.165, 1.54) is 78.1 Å². The maximum atomic E-state index is 9.43. The predicted molar refractivity (Wildman–Crippen MR) is 237 cm³/mol. The molecule has 7 atom stereocenters. The number of hydrogen-bond acceptors (Lipinski definition) is 4. The Morgan fingerprint density at radius 3 is 1.49 bits per heavy atom. The summed E-state index contributed by atoms with van der Waals surface area (Å²) in [5, 5.41) is 14.6. The monoisotopic (exact) mass is 904 g/mol. The molecule has 276 valence electrons. The summed E-state index contributed by atoms with van der Waals surface area (Å²) >= 11 is 8.68. The van der Waals surface area contributed by atoms with Gasteiger partial charge in [-0.3, -0.25) is 0 Å². The van der Waals surface area contributed by atoms with E-state index in [0.29, 0.717) is 11.8 Å². The summed E-state index contributed by atoms with van der Waals surface area (Å²) < 4.78 is 9.43. The fourth-order valence-electron chi connectivity index (χ4n) is 8.29. The first-order valence-corrected chi connectivity index (χ1v) is 29.7. The van der Waals surface area contributed by atoms with Crippen molar-refractivity contribution in [1.29, 1.82) is 0 Å². The normalized spacial score (nSPS) is 28.1. The first kappa shape index (κ1) is 41.8. The van der Waals surface area contributed by atoms with Crippen LogP contribution >= 0.6 is 69.1 Å². The summed E-state index contributed by atoms with van der Waals surface area (Å²) in [4.78, 5) is 6.27. The van der Waals surface area contributed by atoms with Crippen molar-refractivity contribution in [1.82, 2.24) is 0 Å². The standard InChI is InChI=1S/C41H53NP3S4.FH.Ru/c1-31-35(24-40-14-9-19-49-40)30-45(4)29-34(23-39-13-8-18-48-39)28-44(3)27-33(22-38-12-7-17-47-38)26-43(2)25-32(21-37-11-6-16-46-37)20-36-10-5-15-41(31)42-36;;/h5-19,32-35H,20-30H2,1-4H3;1H;/q-1;;+2/p+2/b41-31-;;. The molecule has 6 heterocycles. The Morgan fingerprint density at radius 1 is 0.627 bits per heavy atom. The van der Waals surface area contributed by atoms with Gasteiger partial charge in [-0.15, -0.1) is 51.0 Å². The molecular weight excluding hydrogens is 848 g/mol. The predicted octanol–water partition coefficient (Wildman–Crippen LogP) is 13.1. The molecule has 4 aromatic heterocycles. The fourth-order valence-corrected chi connectivity index (χ4v) is 20.3. The molecule has 2 aliphatic rings. The van der Waals surface area contributed by atoms with Gasteiger partial charge in [-0.25, -0.2) is 0 Å². The average Bonchev–Trinajstić information content (AvgIpc) is 3.95. The van der Waals surface area contributed by atoms with Crippen LogP contribution in [0.5, 0.6) is 0 Å². The van der Waals surface area contributed by atoms with Crippen molar-refractivity contribution < 1.29 is 22.1 Å². The molecule has 10 heteroatoms. The van der Waals surface area contributed by atoms with Gasteiger partial charge in [0.15, 0.2) is 0 Å². The van der Waals surface area contributed by atoms with Gasteiger partial charge in [0, 0.05) is 57.3 Å². The number of thiophene rings is 4. The molecule has 0 radical (unpaired) electrons. The van der Waals surface area contributed by atoms with Gasteiger partial charge in [-0.2, -0.15) is 5.70 Å². The summed E-state index contributed by atoms with van der Waals surface area (Å²) in [5.74, 6) is 2.88. The molecule has 0 saturated heterocycles. The van der Waals surface area contributed by atoms with E-state index in [2.05, 4.69) is 115 Å². The topological polar surface area (TPSA) is 14.1 Å². The summed E-state index contributed by atoms with van der Waals surface area (Å²) in [6.45, 7) is 10.4. The molecule has 0 aromatic carbocycles. The van der Waals surface area contributed by atoms with Crippen LogP contribution in [0.3, 0.4) is 0 Å². The zero-order valence-electron chi connectivity index (χ0n) is 30.6. The first-order chi connectivity index (χ1) is 24.9. The molecule has 51 heavy (non-hydrogen) atoms.